The lowest BCUT2D eigenvalue weighted by Crippen LogP contribution is -2.58. The van der Waals surface area contributed by atoms with Crippen molar-refractivity contribution in [2.45, 2.75) is 43.8 Å². The molecule has 2 bridgehead atoms. The van der Waals surface area contributed by atoms with Gasteiger partial charge >= 0.3 is 0 Å². The number of halogens is 1. The summed E-state index contributed by atoms with van der Waals surface area (Å²) in [6, 6.07) is 11.0. The number of hydrogen-bond donors (Lipinski definition) is 1. The number of rotatable bonds is 6. The number of ether oxygens (including phenoxy) is 1. The minimum Gasteiger partial charge on any atom is -0.497 e. The molecule has 5 rings (SSSR count). The molecule has 2 unspecified atom stereocenters. The highest BCUT2D eigenvalue weighted by Gasteiger charge is 2.48. The van der Waals surface area contributed by atoms with Crippen LogP contribution in [0, 0.1) is 23.1 Å². The number of piperazine rings is 1. The number of carbonyl (C=O) groups excluding carboxylic acids is 1. The van der Waals surface area contributed by atoms with Crippen molar-refractivity contribution in [2.75, 3.05) is 31.6 Å². The lowest BCUT2D eigenvalue weighted by Gasteiger charge is -2.42. The number of nitriles is 1. The molecule has 1 amide bonds. The van der Waals surface area contributed by atoms with E-state index in [1.165, 1.54) is 6.07 Å². The first-order valence-corrected chi connectivity index (χ1v) is 11.5. The van der Waals surface area contributed by atoms with Crippen molar-refractivity contribution < 1.29 is 13.9 Å². The molecule has 1 N–H and O–H groups in total. The quantitative estimate of drug-likeness (QED) is 0.731. The molecule has 1 aromatic heterocycles. The molecule has 1 aromatic carbocycles. The Kier molecular flexibility index (Phi) is 5.45. The van der Waals surface area contributed by atoms with Crippen molar-refractivity contribution >= 4 is 11.7 Å². The molecular weight excluding hydrogens is 421 g/mol. The van der Waals surface area contributed by atoms with Gasteiger partial charge in [-0.2, -0.15) is 5.26 Å². The van der Waals surface area contributed by atoms with Crippen LogP contribution in [0.25, 0.3) is 0 Å². The van der Waals surface area contributed by atoms with Gasteiger partial charge in [-0.15, -0.1) is 0 Å². The average Bonchev–Trinajstić information content (AvgIpc) is 3.59. The Hall–Kier alpha value is -3.18. The number of amides is 1. The number of anilines is 1. The van der Waals surface area contributed by atoms with Crippen LogP contribution in [0.15, 0.2) is 36.5 Å². The van der Waals surface area contributed by atoms with Gasteiger partial charge in [0, 0.05) is 36.4 Å². The first-order valence-electron chi connectivity index (χ1n) is 11.5. The largest absolute Gasteiger partial charge is 0.497 e. The van der Waals surface area contributed by atoms with E-state index >= 15 is 0 Å². The number of nitrogens with zero attached hydrogens (tertiary/aromatic N) is 4. The van der Waals surface area contributed by atoms with Crippen molar-refractivity contribution in [1.82, 2.24) is 15.2 Å². The maximum Gasteiger partial charge on any atom is 0.236 e. The van der Waals surface area contributed by atoms with Crippen molar-refractivity contribution in [3.05, 3.63) is 53.5 Å². The third kappa shape index (κ3) is 3.91. The standard InChI is InChI=1S/C25H28FN5O2/c1-16-9-18-14-30(15-22(16)31(18)23-6-3-17(11-27)12-28-23)24(32)13-29-25(7-8-25)20-10-19(33-2)4-5-21(20)26/h3-6,10,12,16,18,22,29H,7-9,13-15H2,1-2H3/t16-,18?,22?/m0/s1. The summed E-state index contributed by atoms with van der Waals surface area (Å²) in [5.41, 5.74) is 0.620. The summed E-state index contributed by atoms with van der Waals surface area (Å²) in [6.07, 6.45) is 4.20. The van der Waals surface area contributed by atoms with Crippen molar-refractivity contribution in [3.63, 3.8) is 0 Å². The molecular formula is C25H28FN5O2. The Morgan fingerprint density at radius 2 is 2.15 bits per heavy atom. The first kappa shape index (κ1) is 21.7. The zero-order valence-corrected chi connectivity index (χ0v) is 18.9. The van der Waals surface area contributed by atoms with Crippen LogP contribution in [0.1, 0.15) is 37.3 Å². The minimum atomic E-state index is -0.491. The normalized spacial score (nSPS) is 25.0. The van der Waals surface area contributed by atoms with E-state index in [2.05, 4.69) is 28.2 Å². The van der Waals surface area contributed by atoms with E-state index in [4.69, 9.17) is 10.00 Å². The van der Waals surface area contributed by atoms with Crippen molar-refractivity contribution in [2.24, 2.45) is 5.92 Å². The molecule has 1 saturated carbocycles. The van der Waals surface area contributed by atoms with E-state index in [1.54, 1.807) is 31.5 Å². The summed E-state index contributed by atoms with van der Waals surface area (Å²) < 4.78 is 19.8. The van der Waals surface area contributed by atoms with Crippen LogP contribution in [0.5, 0.6) is 5.75 Å². The monoisotopic (exact) mass is 449 g/mol. The fraction of sp³-hybridized carbons (Fsp3) is 0.480. The maximum absolute atomic E-state index is 14.5. The van der Waals surface area contributed by atoms with Gasteiger partial charge in [-0.1, -0.05) is 6.92 Å². The summed E-state index contributed by atoms with van der Waals surface area (Å²) in [7, 11) is 1.57. The van der Waals surface area contributed by atoms with Gasteiger partial charge in [0.1, 0.15) is 23.5 Å². The Morgan fingerprint density at radius 1 is 1.33 bits per heavy atom. The van der Waals surface area contributed by atoms with Crippen LogP contribution in [-0.2, 0) is 10.3 Å². The second-order valence-electron chi connectivity index (χ2n) is 9.44. The number of pyridine rings is 1. The van der Waals surface area contributed by atoms with E-state index in [0.29, 0.717) is 35.9 Å². The number of benzene rings is 1. The van der Waals surface area contributed by atoms with Gasteiger partial charge in [-0.05, 0) is 55.5 Å². The van der Waals surface area contributed by atoms with Gasteiger partial charge in [0.2, 0.25) is 5.91 Å². The first-order chi connectivity index (χ1) is 15.9. The predicted molar refractivity (Wildman–Crippen MR) is 121 cm³/mol. The van der Waals surface area contributed by atoms with Crippen molar-refractivity contribution in [1.29, 1.82) is 5.26 Å². The van der Waals surface area contributed by atoms with Gasteiger partial charge in [0.15, 0.2) is 0 Å². The highest BCUT2D eigenvalue weighted by molar-refractivity contribution is 5.79. The smallest absolute Gasteiger partial charge is 0.236 e. The molecule has 3 atom stereocenters. The molecule has 0 spiro atoms. The fourth-order valence-corrected chi connectivity index (χ4v) is 5.42. The van der Waals surface area contributed by atoms with E-state index < -0.39 is 5.54 Å². The molecule has 1 aliphatic carbocycles. The zero-order chi connectivity index (χ0) is 23.2. The Morgan fingerprint density at radius 3 is 2.79 bits per heavy atom. The number of methoxy groups -OCH3 is 1. The summed E-state index contributed by atoms with van der Waals surface area (Å²) in [6.45, 7) is 3.68. The summed E-state index contributed by atoms with van der Waals surface area (Å²) in [4.78, 5) is 21.9. The summed E-state index contributed by atoms with van der Waals surface area (Å²) in [5.74, 6) is 1.69. The molecule has 2 aliphatic heterocycles. The molecule has 2 aromatic rings. The molecule has 3 fully saturated rings. The molecule has 8 heteroatoms. The number of carbonyl (C=O) groups is 1. The molecule has 33 heavy (non-hydrogen) atoms. The Bertz CT molecular complexity index is 1090. The molecule has 3 heterocycles. The molecule has 2 saturated heterocycles. The highest BCUT2D eigenvalue weighted by atomic mass is 19.1. The lowest BCUT2D eigenvalue weighted by molar-refractivity contribution is -0.131. The van der Waals surface area contributed by atoms with E-state index in [-0.39, 0.29) is 30.4 Å². The number of fused-ring (bicyclic) bond motifs is 2. The lowest BCUT2D eigenvalue weighted by atomic mass is 10.0. The third-order valence-electron chi connectivity index (χ3n) is 7.40. The Balaban J connectivity index is 1.25. The fourth-order valence-electron chi connectivity index (χ4n) is 5.42. The molecule has 0 radical (unpaired) electrons. The number of hydrogen-bond acceptors (Lipinski definition) is 6. The van der Waals surface area contributed by atoms with Crippen LogP contribution in [-0.4, -0.2) is 54.6 Å². The third-order valence-corrected chi connectivity index (χ3v) is 7.40. The van der Waals surface area contributed by atoms with Crippen LogP contribution < -0.4 is 15.0 Å². The average molecular weight is 450 g/mol. The van der Waals surface area contributed by atoms with E-state index in [0.717, 1.165) is 25.1 Å². The second-order valence-corrected chi connectivity index (χ2v) is 9.44. The SMILES string of the molecule is COc1ccc(F)c(C2(NCC(=O)N3CC4C[C@H](C)C(C3)N4c3ccc(C#N)cn3)CC2)c1. The van der Waals surface area contributed by atoms with Gasteiger partial charge in [0.05, 0.1) is 25.3 Å². The minimum absolute atomic E-state index is 0.0427. The maximum atomic E-state index is 14.5. The van der Waals surface area contributed by atoms with E-state index in [9.17, 15) is 9.18 Å². The van der Waals surface area contributed by atoms with Crippen LogP contribution in [0.3, 0.4) is 0 Å². The zero-order valence-electron chi connectivity index (χ0n) is 18.9. The molecule has 172 valence electrons. The second kappa shape index (κ2) is 8.31. The van der Waals surface area contributed by atoms with Gasteiger partial charge in [-0.25, -0.2) is 9.37 Å². The summed E-state index contributed by atoms with van der Waals surface area (Å²) >= 11 is 0. The van der Waals surface area contributed by atoms with Crippen LogP contribution in [0.4, 0.5) is 10.2 Å². The topological polar surface area (TPSA) is 81.5 Å². The Labute approximate surface area is 193 Å². The van der Waals surface area contributed by atoms with Crippen molar-refractivity contribution in [3.8, 4) is 11.8 Å². The number of aromatic nitrogens is 1. The van der Waals surface area contributed by atoms with Crippen LogP contribution in [0.2, 0.25) is 0 Å². The summed E-state index contributed by atoms with van der Waals surface area (Å²) in [5, 5.41) is 12.4. The molecule has 3 aliphatic rings. The predicted octanol–water partition coefficient (Wildman–Crippen LogP) is 2.81. The van der Waals surface area contributed by atoms with Gasteiger partial charge < -0.3 is 14.5 Å². The van der Waals surface area contributed by atoms with Gasteiger partial charge in [0.25, 0.3) is 0 Å². The molecule has 7 nitrogen and oxygen atoms in total. The number of nitrogens with one attached hydrogen (secondary N) is 1. The van der Waals surface area contributed by atoms with Crippen LogP contribution >= 0.6 is 0 Å². The highest BCUT2D eigenvalue weighted by Crippen LogP contribution is 2.47. The van der Waals surface area contributed by atoms with E-state index in [1.807, 2.05) is 11.0 Å². The van der Waals surface area contributed by atoms with Gasteiger partial charge in [-0.3, -0.25) is 10.1 Å². The number of likely N-dealkylation sites (tertiary alicyclic amines) is 1.